The Morgan fingerprint density at radius 1 is 1.04 bits per heavy atom. The molecule has 1 atom stereocenters. The minimum absolute atomic E-state index is 0.0659. The quantitative estimate of drug-likeness (QED) is 0.832. The SMILES string of the molecule is O=C1CC2(CCN(C[C@H]3CCOC3)CC2)c2ccccc2N1CC1CC1. The number of hydrogen-bond donors (Lipinski definition) is 0. The van der Waals surface area contributed by atoms with Crippen molar-refractivity contribution in [2.75, 3.05) is 44.3 Å². The van der Waals surface area contributed by atoms with Crippen molar-refractivity contribution in [1.82, 2.24) is 4.90 Å². The Morgan fingerprint density at radius 3 is 2.58 bits per heavy atom. The maximum absolute atomic E-state index is 13.0. The van der Waals surface area contributed by atoms with Gasteiger partial charge in [0.25, 0.3) is 0 Å². The van der Waals surface area contributed by atoms with Gasteiger partial charge in [-0.05, 0) is 68.7 Å². The highest BCUT2D eigenvalue weighted by molar-refractivity contribution is 5.98. The van der Waals surface area contributed by atoms with Crippen molar-refractivity contribution >= 4 is 11.6 Å². The summed E-state index contributed by atoms with van der Waals surface area (Å²) in [5.41, 5.74) is 2.70. The molecule has 3 heterocycles. The second kappa shape index (κ2) is 6.65. The van der Waals surface area contributed by atoms with Gasteiger partial charge in [0.2, 0.25) is 5.91 Å². The van der Waals surface area contributed by atoms with E-state index in [-0.39, 0.29) is 5.41 Å². The van der Waals surface area contributed by atoms with Gasteiger partial charge in [0.05, 0.1) is 6.61 Å². The lowest BCUT2D eigenvalue weighted by molar-refractivity contribution is -0.121. The van der Waals surface area contributed by atoms with Gasteiger partial charge in [-0.3, -0.25) is 4.79 Å². The number of para-hydroxylation sites is 1. The molecule has 3 aliphatic heterocycles. The maximum atomic E-state index is 13.0. The van der Waals surface area contributed by atoms with Crippen LogP contribution < -0.4 is 4.90 Å². The molecule has 0 bridgehead atoms. The van der Waals surface area contributed by atoms with Crippen molar-refractivity contribution in [2.45, 2.75) is 43.9 Å². The fourth-order valence-electron chi connectivity index (χ4n) is 5.23. The molecule has 1 aromatic carbocycles. The summed E-state index contributed by atoms with van der Waals surface area (Å²) in [5, 5.41) is 0. The number of carbonyl (C=O) groups excluding carboxylic acids is 1. The van der Waals surface area contributed by atoms with E-state index in [1.165, 1.54) is 37.1 Å². The summed E-state index contributed by atoms with van der Waals surface area (Å²) in [4.78, 5) is 17.8. The summed E-state index contributed by atoms with van der Waals surface area (Å²) in [7, 11) is 0. The van der Waals surface area contributed by atoms with E-state index in [4.69, 9.17) is 4.74 Å². The lowest BCUT2D eigenvalue weighted by Crippen LogP contribution is -2.51. The van der Waals surface area contributed by atoms with Gasteiger partial charge in [-0.1, -0.05) is 18.2 Å². The molecule has 3 fully saturated rings. The zero-order valence-corrected chi connectivity index (χ0v) is 15.7. The molecule has 0 N–H and O–H groups in total. The first kappa shape index (κ1) is 16.8. The minimum Gasteiger partial charge on any atom is -0.381 e. The number of ether oxygens (including phenoxy) is 1. The Bertz CT molecular complexity index is 670. The lowest BCUT2D eigenvalue weighted by Gasteiger charge is -2.47. The molecule has 26 heavy (non-hydrogen) atoms. The summed E-state index contributed by atoms with van der Waals surface area (Å²) in [6, 6.07) is 8.73. The number of carbonyl (C=O) groups is 1. The lowest BCUT2D eigenvalue weighted by atomic mass is 9.67. The second-order valence-electron chi connectivity index (χ2n) is 8.95. The highest BCUT2D eigenvalue weighted by Gasteiger charge is 2.45. The average molecular weight is 354 g/mol. The molecule has 4 nitrogen and oxygen atoms in total. The minimum atomic E-state index is 0.0659. The molecule has 140 valence electrons. The van der Waals surface area contributed by atoms with Crippen molar-refractivity contribution in [2.24, 2.45) is 11.8 Å². The van der Waals surface area contributed by atoms with E-state index in [9.17, 15) is 4.79 Å². The topological polar surface area (TPSA) is 32.8 Å². The molecule has 0 aromatic heterocycles. The molecule has 1 aliphatic carbocycles. The van der Waals surface area contributed by atoms with E-state index in [0.717, 1.165) is 51.6 Å². The third-order valence-electron chi connectivity index (χ3n) is 7.05. The summed E-state index contributed by atoms with van der Waals surface area (Å²) in [6.45, 7) is 6.18. The molecule has 0 unspecified atom stereocenters. The first-order valence-corrected chi connectivity index (χ1v) is 10.4. The fraction of sp³-hybridized carbons (Fsp3) is 0.682. The van der Waals surface area contributed by atoms with Gasteiger partial charge < -0.3 is 14.5 Å². The van der Waals surface area contributed by atoms with E-state index in [0.29, 0.717) is 18.2 Å². The Hall–Kier alpha value is -1.39. The molecule has 2 saturated heterocycles. The zero-order chi connectivity index (χ0) is 17.6. The van der Waals surface area contributed by atoms with Gasteiger partial charge in [0, 0.05) is 37.2 Å². The Morgan fingerprint density at radius 2 is 1.85 bits per heavy atom. The largest absolute Gasteiger partial charge is 0.381 e. The van der Waals surface area contributed by atoms with Gasteiger partial charge in [-0.2, -0.15) is 0 Å². The van der Waals surface area contributed by atoms with Crippen LogP contribution in [0.15, 0.2) is 24.3 Å². The first-order valence-electron chi connectivity index (χ1n) is 10.4. The summed E-state index contributed by atoms with van der Waals surface area (Å²) < 4.78 is 5.54. The van der Waals surface area contributed by atoms with E-state index in [1.54, 1.807) is 0 Å². The maximum Gasteiger partial charge on any atom is 0.227 e. The van der Waals surface area contributed by atoms with Crippen LogP contribution in [-0.2, 0) is 14.9 Å². The van der Waals surface area contributed by atoms with Crippen molar-refractivity contribution in [3.63, 3.8) is 0 Å². The number of piperidine rings is 1. The molecule has 1 amide bonds. The van der Waals surface area contributed by atoms with Gasteiger partial charge in [0.1, 0.15) is 0 Å². The predicted molar refractivity (Wildman–Crippen MR) is 102 cm³/mol. The number of likely N-dealkylation sites (tertiary alicyclic amines) is 1. The molecule has 0 radical (unpaired) electrons. The van der Waals surface area contributed by atoms with Gasteiger partial charge in [-0.15, -0.1) is 0 Å². The number of anilines is 1. The van der Waals surface area contributed by atoms with Crippen molar-refractivity contribution < 1.29 is 9.53 Å². The molecule has 1 spiro atoms. The fourth-order valence-corrected chi connectivity index (χ4v) is 5.23. The van der Waals surface area contributed by atoms with E-state index >= 15 is 0 Å². The van der Waals surface area contributed by atoms with Crippen LogP contribution in [0.1, 0.15) is 44.1 Å². The Kier molecular flexibility index (Phi) is 4.29. The monoisotopic (exact) mass is 354 g/mol. The third kappa shape index (κ3) is 3.07. The van der Waals surface area contributed by atoms with Crippen LogP contribution in [0.4, 0.5) is 5.69 Å². The van der Waals surface area contributed by atoms with Gasteiger partial charge >= 0.3 is 0 Å². The van der Waals surface area contributed by atoms with E-state index < -0.39 is 0 Å². The summed E-state index contributed by atoms with van der Waals surface area (Å²) in [5.74, 6) is 1.79. The highest BCUT2D eigenvalue weighted by atomic mass is 16.5. The highest BCUT2D eigenvalue weighted by Crippen LogP contribution is 2.48. The third-order valence-corrected chi connectivity index (χ3v) is 7.05. The number of hydrogen-bond acceptors (Lipinski definition) is 3. The van der Waals surface area contributed by atoms with Gasteiger partial charge in [-0.25, -0.2) is 0 Å². The number of rotatable bonds is 4. The number of benzene rings is 1. The Balaban J connectivity index is 1.34. The number of amides is 1. The molecular formula is C22H30N2O2. The first-order chi connectivity index (χ1) is 12.7. The molecule has 4 aliphatic rings. The molecule has 1 aromatic rings. The number of nitrogens with zero attached hydrogens (tertiary/aromatic N) is 2. The Labute approximate surface area is 156 Å². The van der Waals surface area contributed by atoms with Crippen LogP contribution in [0.2, 0.25) is 0 Å². The van der Waals surface area contributed by atoms with Gasteiger partial charge in [0.15, 0.2) is 0 Å². The smallest absolute Gasteiger partial charge is 0.227 e. The van der Waals surface area contributed by atoms with Crippen LogP contribution in [0.5, 0.6) is 0 Å². The van der Waals surface area contributed by atoms with Crippen LogP contribution in [-0.4, -0.2) is 50.2 Å². The van der Waals surface area contributed by atoms with Crippen LogP contribution in [0.3, 0.4) is 0 Å². The van der Waals surface area contributed by atoms with E-state index in [2.05, 4.69) is 34.1 Å². The van der Waals surface area contributed by atoms with Crippen molar-refractivity contribution in [1.29, 1.82) is 0 Å². The number of fused-ring (bicyclic) bond motifs is 2. The van der Waals surface area contributed by atoms with Crippen LogP contribution in [0.25, 0.3) is 0 Å². The van der Waals surface area contributed by atoms with Crippen molar-refractivity contribution in [3.8, 4) is 0 Å². The average Bonchev–Trinajstić information content (AvgIpc) is 3.34. The molecule has 4 heteroatoms. The summed E-state index contributed by atoms with van der Waals surface area (Å²) in [6.07, 6.45) is 6.71. The molecular weight excluding hydrogens is 324 g/mol. The molecule has 5 rings (SSSR count). The normalized spacial score (nSPS) is 28.5. The van der Waals surface area contributed by atoms with Crippen molar-refractivity contribution in [3.05, 3.63) is 29.8 Å². The predicted octanol–water partition coefficient (Wildman–Crippen LogP) is 3.20. The summed E-state index contributed by atoms with van der Waals surface area (Å²) >= 11 is 0. The standard InChI is InChI=1S/C22H30N2O2/c25-21-13-22(8-10-23(11-9-22)14-18-7-12-26-16-18)19-3-1-2-4-20(19)24(21)15-17-5-6-17/h1-4,17-18H,5-16H2/t18-/m1/s1. The zero-order valence-electron chi connectivity index (χ0n) is 15.7. The van der Waals surface area contributed by atoms with Crippen LogP contribution in [0, 0.1) is 11.8 Å². The molecule has 1 saturated carbocycles. The second-order valence-corrected chi connectivity index (χ2v) is 8.95. The van der Waals surface area contributed by atoms with Crippen LogP contribution >= 0.6 is 0 Å². The van der Waals surface area contributed by atoms with E-state index in [1.807, 2.05) is 0 Å².